The Morgan fingerprint density at radius 1 is 1.38 bits per heavy atom. The fraction of sp³-hybridized carbons (Fsp3) is 0.667. The van der Waals surface area contributed by atoms with Gasteiger partial charge in [-0.25, -0.2) is 5.11 Å². The maximum Gasteiger partial charge on any atom is 0.0822 e. The zero-order chi connectivity index (χ0) is 6.24. The van der Waals surface area contributed by atoms with Crippen LogP contribution in [0.25, 0.3) is 0 Å². The number of halogens is 1. The Morgan fingerprint density at radius 2 is 2.12 bits per heavy atom. The standard InChI is InChI=1S/C6H8ClO/c7-5-3-1-2-4-6-8/h1-2,4,6H2. The van der Waals surface area contributed by atoms with Gasteiger partial charge in [-0.2, -0.15) is 0 Å². The van der Waals surface area contributed by atoms with E-state index in [1.807, 2.05) is 0 Å². The van der Waals surface area contributed by atoms with Crippen LogP contribution in [-0.2, 0) is 5.11 Å². The number of hydrogen-bond acceptors (Lipinski definition) is 0. The quantitative estimate of drug-likeness (QED) is 0.411. The van der Waals surface area contributed by atoms with Crippen molar-refractivity contribution in [2.24, 2.45) is 0 Å². The smallest absolute Gasteiger partial charge is 0.0822 e. The Hall–Kier alpha value is -0.190. The molecule has 0 aromatic heterocycles. The predicted molar refractivity (Wildman–Crippen MR) is 33.0 cm³/mol. The van der Waals surface area contributed by atoms with E-state index in [2.05, 4.69) is 11.3 Å². The van der Waals surface area contributed by atoms with Crippen LogP contribution in [-0.4, -0.2) is 6.61 Å². The molecule has 1 radical (unpaired) electrons. The molecule has 1 nitrogen and oxygen atoms in total. The lowest BCUT2D eigenvalue weighted by molar-refractivity contribution is 0.187. The Morgan fingerprint density at radius 3 is 2.62 bits per heavy atom. The first-order chi connectivity index (χ1) is 3.91. The first-order valence-electron chi connectivity index (χ1n) is 2.58. The van der Waals surface area contributed by atoms with Gasteiger partial charge in [0.25, 0.3) is 0 Å². The molecule has 0 aliphatic heterocycles. The van der Waals surface area contributed by atoms with E-state index in [9.17, 15) is 5.11 Å². The largest absolute Gasteiger partial charge is 0.237 e. The molecule has 0 aliphatic carbocycles. The fourth-order valence-electron chi connectivity index (χ4n) is 0.363. The lowest BCUT2D eigenvalue weighted by atomic mass is 10.2. The summed E-state index contributed by atoms with van der Waals surface area (Å²) in [7, 11) is 0. The molecular weight excluding hydrogens is 124 g/mol. The van der Waals surface area contributed by atoms with Crippen molar-refractivity contribution in [2.75, 3.05) is 6.61 Å². The van der Waals surface area contributed by atoms with Crippen molar-refractivity contribution in [2.45, 2.75) is 19.3 Å². The molecule has 0 saturated heterocycles. The average molecular weight is 132 g/mol. The molecule has 2 heteroatoms. The van der Waals surface area contributed by atoms with E-state index in [1.165, 1.54) is 0 Å². The van der Waals surface area contributed by atoms with E-state index < -0.39 is 0 Å². The molecule has 0 atom stereocenters. The van der Waals surface area contributed by atoms with Crippen molar-refractivity contribution in [3.63, 3.8) is 0 Å². The van der Waals surface area contributed by atoms with Crippen molar-refractivity contribution in [1.82, 2.24) is 0 Å². The minimum atomic E-state index is 0.00393. The van der Waals surface area contributed by atoms with Crippen LogP contribution in [0.15, 0.2) is 0 Å². The van der Waals surface area contributed by atoms with E-state index in [0.717, 1.165) is 12.8 Å². The van der Waals surface area contributed by atoms with Crippen LogP contribution in [0, 0.1) is 11.3 Å². The van der Waals surface area contributed by atoms with Gasteiger partial charge in [-0.15, -0.1) is 0 Å². The molecular formula is C6H8ClO. The summed E-state index contributed by atoms with van der Waals surface area (Å²) >= 11 is 5.04. The Kier molecular flexibility index (Phi) is 6.65. The van der Waals surface area contributed by atoms with Crippen LogP contribution in [0.1, 0.15) is 19.3 Å². The third-order valence-electron chi connectivity index (χ3n) is 0.763. The average Bonchev–Trinajstić information content (AvgIpc) is 1.81. The van der Waals surface area contributed by atoms with E-state index in [0.29, 0.717) is 6.42 Å². The molecule has 0 rings (SSSR count). The molecule has 0 heterocycles. The minimum absolute atomic E-state index is 0.00393. The van der Waals surface area contributed by atoms with Gasteiger partial charge in [-0.1, -0.05) is 5.92 Å². The normalized spacial score (nSPS) is 7.75. The molecule has 8 heavy (non-hydrogen) atoms. The Bertz CT molecular complexity index is 90.4. The van der Waals surface area contributed by atoms with Crippen LogP contribution >= 0.6 is 11.6 Å². The third-order valence-corrected chi connectivity index (χ3v) is 0.897. The third kappa shape index (κ3) is 5.81. The van der Waals surface area contributed by atoms with Gasteiger partial charge in [-0.3, -0.25) is 0 Å². The summed E-state index contributed by atoms with van der Waals surface area (Å²) in [5.74, 6) is 2.66. The molecule has 0 unspecified atom stereocenters. The van der Waals surface area contributed by atoms with Gasteiger partial charge < -0.3 is 0 Å². The summed E-state index contributed by atoms with van der Waals surface area (Å²) in [4.78, 5) is 0. The minimum Gasteiger partial charge on any atom is -0.237 e. The molecule has 0 bridgehead atoms. The van der Waals surface area contributed by atoms with Crippen LogP contribution in [0.4, 0.5) is 0 Å². The predicted octanol–water partition coefficient (Wildman–Crippen LogP) is 1.79. The van der Waals surface area contributed by atoms with Gasteiger partial charge in [-0.05, 0) is 24.4 Å². The molecule has 45 valence electrons. The summed E-state index contributed by atoms with van der Waals surface area (Å²) in [6.45, 7) is 0.00393. The van der Waals surface area contributed by atoms with Gasteiger partial charge in [0.15, 0.2) is 0 Å². The first-order valence-corrected chi connectivity index (χ1v) is 2.96. The van der Waals surface area contributed by atoms with Crippen molar-refractivity contribution < 1.29 is 5.11 Å². The maximum atomic E-state index is 9.81. The second-order valence-electron chi connectivity index (χ2n) is 1.43. The highest BCUT2D eigenvalue weighted by Gasteiger charge is 1.80. The highest BCUT2D eigenvalue weighted by Crippen LogP contribution is 1.91. The second-order valence-corrected chi connectivity index (χ2v) is 1.62. The van der Waals surface area contributed by atoms with Crippen molar-refractivity contribution >= 4 is 11.6 Å². The highest BCUT2D eigenvalue weighted by atomic mass is 35.5. The lowest BCUT2D eigenvalue weighted by Crippen LogP contribution is -1.77. The fourth-order valence-corrected chi connectivity index (χ4v) is 0.457. The van der Waals surface area contributed by atoms with Crippen LogP contribution in [0.3, 0.4) is 0 Å². The zero-order valence-corrected chi connectivity index (χ0v) is 5.37. The van der Waals surface area contributed by atoms with Crippen LogP contribution in [0.5, 0.6) is 0 Å². The van der Waals surface area contributed by atoms with Gasteiger partial charge in [0.1, 0.15) is 0 Å². The molecule has 0 spiro atoms. The number of hydrogen-bond donors (Lipinski definition) is 0. The zero-order valence-electron chi connectivity index (χ0n) is 4.61. The van der Waals surface area contributed by atoms with E-state index in [-0.39, 0.29) is 6.61 Å². The molecule has 0 fully saturated rings. The summed E-state index contributed by atoms with van der Waals surface area (Å²) in [6, 6.07) is 0. The lowest BCUT2D eigenvalue weighted by Gasteiger charge is -1.84. The molecule has 0 aromatic rings. The van der Waals surface area contributed by atoms with Crippen LogP contribution in [0.2, 0.25) is 0 Å². The summed E-state index contributed by atoms with van der Waals surface area (Å²) in [5, 5.41) is 12.1. The van der Waals surface area contributed by atoms with Gasteiger partial charge in [0.05, 0.1) is 6.61 Å². The van der Waals surface area contributed by atoms with Crippen LogP contribution < -0.4 is 0 Å². The van der Waals surface area contributed by atoms with Crippen molar-refractivity contribution in [3.05, 3.63) is 0 Å². The van der Waals surface area contributed by atoms with Gasteiger partial charge in [0, 0.05) is 11.8 Å². The number of rotatable bonds is 3. The van der Waals surface area contributed by atoms with Gasteiger partial charge in [0.2, 0.25) is 0 Å². The Balaban J connectivity index is 2.79. The summed E-state index contributed by atoms with van der Waals surface area (Å²) in [6.07, 6.45) is 2.35. The van der Waals surface area contributed by atoms with Crippen molar-refractivity contribution in [3.8, 4) is 11.3 Å². The maximum absolute atomic E-state index is 9.81. The van der Waals surface area contributed by atoms with Crippen molar-refractivity contribution in [1.29, 1.82) is 0 Å². The van der Waals surface area contributed by atoms with E-state index in [1.54, 1.807) is 0 Å². The topological polar surface area (TPSA) is 19.9 Å². The summed E-state index contributed by atoms with van der Waals surface area (Å²) < 4.78 is 0. The van der Waals surface area contributed by atoms with Gasteiger partial charge >= 0.3 is 0 Å². The summed E-state index contributed by atoms with van der Waals surface area (Å²) in [5.41, 5.74) is 0. The first kappa shape index (κ1) is 7.81. The highest BCUT2D eigenvalue weighted by molar-refractivity contribution is 6.30. The number of unbranched alkanes of at least 4 members (excludes halogenated alkanes) is 2. The monoisotopic (exact) mass is 131 g/mol. The molecule has 0 N–H and O–H groups in total. The Labute approximate surface area is 54.7 Å². The molecule has 0 saturated carbocycles. The molecule has 0 aromatic carbocycles. The van der Waals surface area contributed by atoms with E-state index >= 15 is 0 Å². The second kappa shape index (κ2) is 6.81. The SMILES string of the molecule is [O]CCCCC#CCl. The van der Waals surface area contributed by atoms with E-state index in [4.69, 9.17) is 11.6 Å². The molecule has 0 aliphatic rings. The molecule has 0 amide bonds.